The molecule has 1 N–H and O–H groups in total. The molecule has 6 nitrogen and oxygen atoms in total. The summed E-state index contributed by atoms with van der Waals surface area (Å²) in [6.07, 6.45) is 2.15. The van der Waals surface area contributed by atoms with Gasteiger partial charge in [-0.3, -0.25) is 4.79 Å². The Morgan fingerprint density at radius 3 is 2.39 bits per heavy atom. The topological polar surface area (TPSA) is 81.1 Å². The van der Waals surface area contributed by atoms with Gasteiger partial charge in [-0.15, -0.1) is 0 Å². The molecule has 0 aliphatic heterocycles. The Labute approximate surface area is 165 Å². The second-order valence-corrected chi connectivity index (χ2v) is 8.60. The van der Waals surface area contributed by atoms with Gasteiger partial charge >= 0.3 is 0 Å². The zero-order valence-corrected chi connectivity index (χ0v) is 16.7. The van der Waals surface area contributed by atoms with E-state index in [0.717, 1.165) is 16.9 Å². The van der Waals surface area contributed by atoms with E-state index in [2.05, 4.69) is 10.4 Å². The summed E-state index contributed by atoms with van der Waals surface area (Å²) in [7, 11) is -3.43. The highest BCUT2D eigenvalue weighted by atomic mass is 32.2. The first kappa shape index (κ1) is 19.8. The normalized spacial score (nSPS) is 11.4. The molecule has 0 radical (unpaired) electrons. The molecule has 0 atom stereocenters. The lowest BCUT2D eigenvalue weighted by atomic mass is 10.1. The largest absolute Gasteiger partial charge is 0.351 e. The molecule has 1 aromatic heterocycles. The Morgan fingerprint density at radius 1 is 1.07 bits per heavy atom. The molecule has 0 aliphatic carbocycles. The first-order chi connectivity index (χ1) is 13.4. The van der Waals surface area contributed by atoms with Crippen molar-refractivity contribution < 1.29 is 13.2 Å². The number of rotatable bonds is 7. The first-order valence-corrected chi connectivity index (χ1v) is 10.8. The molecule has 3 rings (SSSR count). The second-order valence-electron chi connectivity index (χ2n) is 6.49. The average molecular weight is 398 g/mol. The Hall–Kier alpha value is -2.93. The number of hydrogen-bond donors (Lipinski definition) is 1. The van der Waals surface area contributed by atoms with Crippen LogP contribution < -0.4 is 5.32 Å². The van der Waals surface area contributed by atoms with Crippen molar-refractivity contribution in [2.75, 3.05) is 12.3 Å². The van der Waals surface area contributed by atoms with Crippen LogP contribution in [0.4, 0.5) is 0 Å². The molecular weight excluding hydrogens is 374 g/mol. The Balaban J connectivity index is 1.70. The zero-order valence-electron chi connectivity index (χ0n) is 15.9. The number of aryl methyl sites for hydroxylation is 1. The third-order valence-corrected chi connectivity index (χ3v) is 6.22. The second kappa shape index (κ2) is 8.39. The van der Waals surface area contributed by atoms with Crippen LogP contribution in [0.5, 0.6) is 0 Å². The molecule has 0 fully saturated rings. The molecule has 2 aromatic carbocycles. The number of nitrogens with one attached hydrogen (secondary N) is 1. The minimum atomic E-state index is -3.43. The molecule has 3 aromatic rings. The average Bonchev–Trinajstić information content (AvgIpc) is 3.13. The summed E-state index contributed by atoms with van der Waals surface area (Å²) in [6, 6.07) is 16.1. The fraction of sp³-hybridized carbons (Fsp3) is 0.238. The van der Waals surface area contributed by atoms with E-state index in [1.165, 1.54) is 6.20 Å². The quantitative estimate of drug-likeness (QED) is 0.665. The molecule has 0 saturated carbocycles. The first-order valence-electron chi connectivity index (χ1n) is 9.12. The fourth-order valence-electron chi connectivity index (χ4n) is 2.95. The maximum atomic E-state index is 12.6. The smallest absolute Gasteiger partial charge is 0.254 e. The van der Waals surface area contributed by atoms with Crippen molar-refractivity contribution in [1.29, 1.82) is 0 Å². The van der Waals surface area contributed by atoms with E-state index in [4.69, 9.17) is 0 Å². The van der Waals surface area contributed by atoms with Crippen LogP contribution in [-0.2, 0) is 16.3 Å². The van der Waals surface area contributed by atoms with Gasteiger partial charge in [-0.05, 0) is 37.6 Å². The number of carbonyl (C=O) groups is 1. The summed E-state index contributed by atoms with van der Waals surface area (Å²) in [5.74, 6) is -0.477. The van der Waals surface area contributed by atoms with Gasteiger partial charge in [0, 0.05) is 6.54 Å². The Morgan fingerprint density at radius 2 is 1.75 bits per heavy atom. The minimum absolute atomic E-state index is 0.0366. The number of amides is 1. The molecule has 1 amide bonds. The molecule has 146 valence electrons. The lowest BCUT2D eigenvalue weighted by molar-refractivity contribution is 0.0955. The van der Waals surface area contributed by atoms with E-state index < -0.39 is 9.84 Å². The van der Waals surface area contributed by atoms with Gasteiger partial charge in [-0.25, -0.2) is 13.1 Å². The van der Waals surface area contributed by atoms with Crippen molar-refractivity contribution in [2.24, 2.45) is 0 Å². The Bertz CT molecular complexity index is 1060. The molecule has 7 heteroatoms. The van der Waals surface area contributed by atoms with Crippen molar-refractivity contribution in [3.63, 3.8) is 0 Å². The maximum absolute atomic E-state index is 12.6. The highest BCUT2D eigenvalue weighted by molar-refractivity contribution is 7.91. The summed E-state index contributed by atoms with van der Waals surface area (Å²) in [5, 5.41) is 7.05. The molecule has 0 saturated heterocycles. The van der Waals surface area contributed by atoms with Gasteiger partial charge in [0.2, 0.25) is 0 Å². The third kappa shape index (κ3) is 4.31. The van der Waals surface area contributed by atoms with Crippen LogP contribution in [-0.4, -0.2) is 36.4 Å². The van der Waals surface area contributed by atoms with Crippen molar-refractivity contribution in [3.05, 3.63) is 77.6 Å². The van der Waals surface area contributed by atoms with E-state index in [1.807, 2.05) is 38.1 Å². The van der Waals surface area contributed by atoms with Crippen LogP contribution in [0.3, 0.4) is 0 Å². The number of benzene rings is 2. The molecule has 28 heavy (non-hydrogen) atoms. The Kier molecular flexibility index (Phi) is 5.94. The van der Waals surface area contributed by atoms with Crippen LogP contribution in [0, 0.1) is 6.92 Å². The molecule has 0 spiro atoms. The summed E-state index contributed by atoms with van der Waals surface area (Å²) in [4.78, 5) is 12.8. The van der Waals surface area contributed by atoms with E-state index >= 15 is 0 Å². The summed E-state index contributed by atoms with van der Waals surface area (Å²) < 4.78 is 26.4. The highest BCUT2D eigenvalue weighted by Gasteiger charge is 2.19. The van der Waals surface area contributed by atoms with E-state index in [1.54, 1.807) is 35.0 Å². The predicted octanol–water partition coefficient (Wildman–Crippen LogP) is 2.95. The zero-order chi connectivity index (χ0) is 20.1. The number of nitrogens with zero attached hydrogens (tertiary/aromatic N) is 2. The van der Waals surface area contributed by atoms with Crippen LogP contribution in [0.25, 0.3) is 5.69 Å². The summed E-state index contributed by atoms with van der Waals surface area (Å²) in [6.45, 7) is 4.00. The predicted molar refractivity (Wildman–Crippen MR) is 109 cm³/mol. The van der Waals surface area contributed by atoms with Gasteiger partial charge in [-0.2, -0.15) is 5.10 Å². The van der Waals surface area contributed by atoms with E-state index in [0.29, 0.717) is 12.0 Å². The minimum Gasteiger partial charge on any atom is -0.351 e. The number of carbonyl (C=O) groups excluding carboxylic acids is 1. The van der Waals surface area contributed by atoms with Crippen LogP contribution >= 0.6 is 0 Å². The van der Waals surface area contributed by atoms with Gasteiger partial charge in [0.25, 0.3) is 5.91 Å². The van der Waals surface area contributed by atoms with Gasteiger partial charge in [0.15, 0.2) is 9.84 Å². The fourth-order valence-corrected chi connectivity index (χ4v) is 4.13. The number of aromatic nitrogens is 2. The number of hydrogen-bond acceptors (Lipinski definition) is 4. The van der Waals surface area contributed by atoms with Crippen molar-refractivity contribution in [1.82, 2.24) is 15.1 Å². The molecule has 0 bridgehead atoms. The van der Waals surface area contributed by atoms with E-state index in [-0.39, 0.29) is 23.1 Å². The van der Waals surface area contributed by atoms with Crippen LogP contribution in [0.15, 0.2) is 65.7 Å². The van der Waals surface area contributed by atoms with Gasteiger partial charge in [0.1, 0.15) is 0 Å². The highest BCUT2D eigenvalue weighted by Crippen LogP contribution is 2.16. The van der Waals surface area contributed by atoms with Crippen LogP contribution in [0.2, 0.25) is 0 Å². The summed E-state index contributed by atoms with van der Waals surface area (Å²) >= 11 is 0. The van der Waals surface area contributed by atoms with Gasteiger partial charge < -0.3 is 5.32 Å². The van der Waals surface area contributed by atoms with E-state index in [9.17, 15) is 13.2 Å². The summed E-state index contributed by atoms with van der Waals surface area (Å²) in [5.41, 5.74) is 3.27. The van der Waals surface area contributed by atoms with Gasteiger partial charge in [-0.1, -0.05) is 42.8 Å². The lowest BCUT2D eigenvalue weighted by Crippen LogP contribution is -2.29. The lowest BCUT2D eigenvalue weighted by Gasteiger charge is -2.09. The molecule has 0 unspecified atom stereocenters. The van der Waals surface area contributed by atoms with Crippen molar-refractivity contribution in [2.45, 2.75) is 25.2 Å². The van der Waals surface area contributed by atoms with Crippen molar-refractivity contribution in [3.8, 4) is 5.69 Å². The van der Waals surface area contributed by atoms with Crippen molar-refractivity contribution >= 4 is 15.7 Å². The molecular formula is C21H23N3O3S. The third-order valence-electron chi connectivity index (χ3n) is 4.49. The monoisotopic (exact) mass is 397 g/mol. The SMILES string of the molecule is CCc1c(C(=O)NCCS(=O)(=O)c2ccccc2)cnn1-c1ccc(C)cc1. The van der Waals surface area contributed by atoms with Gasteiger partial charge in [0.05, 0.1) is 33.8 Å². The number of sulfone groups is 1. The molecule has 0 aliphatic rings. The standard InChI is InChI=1S/C21H23N3O3S/c1-3-20-19(15-23-24(20)17-11-9-16(2)10-12-17)21(25)22-13-14-28(26,27)18-7-5-4-6-8-18/h4-12,15H,3,13-14H2,1-2H3,(H,22,25). The van der Waals surface area contributed by atoms with Crippen LogP contribution in [0.1, 0.15) is 28.5 Å². The maximum Gasteiger partial charge on any atom is 0.254 e. The molecule has 1 heterocycles.